The molecule has 0 aliphatic carbocycles. The maximum Gasteiger partial charge on any atom is 0.432 e. The number of urea groups is 1. The van der Waals surface area contributed by atoms with E-state index in [2.05, 4.69) is 10.1 Å². The van der Waals surface area contributed by atoms with Crippen molar-refractivity contribution in [3.05, 3.63) is 59.1 Å². The monoisotopic (exact) mass is 444 g/mol. The molecule has 2 amide bonds. The molecule has 2 aromatic rings. The van der Waals surface area contributed by atoms with Crippen molar-refractivity contribution in [1.82, 2.24) is 0 Å². The zero-order chi connectivity index (χ0) is 22.5. The Bertz CT molecular complexity index is 888. The van der Waals surface area contributed by atoms with Crippen molar-refractivity contribution >= 4 is 35.0 Å². The molecule has 0 aliphatic heterocycles. The van der Waals surface area contributed by atoms with Crippen LogP contribution in [0.15, 0.2) is 48.5 Å². The number of esters is 1. The van der Waals surface area contributed by atoms with E-state index in [1.165, 1.54) is 24.0 Å². The number of nitrogens with one attached hydrogen (secondary N) is 1. The lowest BCUT2D eigenvalue weighted by atomic mass is 9.93. The summed E-state index contributed by atoms with van der Waals surface area (Å²) in [5, 5.41) is 13.3. The third kappa shape index (κ3) is 4.85. The number of halogens is 4. The molecule has 30 heavy (non-hydrogen) atoms. The van der Waals surface area contributed by atoms with E-state index in [4.69, 9.17) is 11.6 Å². The fraction of sp³-hybridized carbons (Fsp3) is 0.300. The van der Waals surface area contributed by atoms with Gasteiger partial charge in [0.25, 0.3) is 5.60 Å². The Morgan fingerprint density at radius 2 is 1.63 bits per heavy atom. The van der Waals surface area contributed by atoms with Gasteiger partial charge >= 0.3 is 18.2 Å². The third-order valence-electron chi connectivity index (χ3n) is 4.23. The van der Waals surface area contributed by atoms with Crippen LogP contribution in [0.3, 0.4) is 0 Å². The zero-order valence-corrected chi connectivity index (χ0v) is 16.9. The minimum atomic E-state index is -5.29. The number of hydrogen-bond donors (Lipinski definition) is 2. The van der Waals surface area contributed by atoms with Crippen LogP contribution in [0, 0.1) is 0 Å². The van der Waals surface area contributed by atoms with Gasteiger partial charge in [0.1, 0.15) is 0 Å². The maximum absolute atomic E-state index is 13.5. The average molecular weight is 445 g/mol. The highest BCUT2D eigenvalue weighted by molar-refractivity contribution is 6.30. The summed E-state index contributed by atoms with van der Waals surface area (Å²) in [4.78, 5) is 25.7. The zero-order valence-electron chi connectivity index (χ0n) is 16.2. The topological polar surface area (TPSA) is 78.9 Å². The van der Waals surface area contributed by atoms with Gasteiger partial charge in [0.05, 0.1) is 6.61 Å². The van der Waals surface area contributed by atoms with Crippen LogP contribution in [0.25, 0.3) is 0 Å². The second kappa shape index (κ2) is 9.36. The molecule has 1 atom stereocenters. The second-order valence-corrected chi connectivity index (χ2v) is 6.59. The van der Waals surface area contributed by atoms with Gasteiger partial charge in [0, 0.05) is 28.5 Å². The van der Waals surface area contributed by atoms with Gasteiger partial charge in [-0.2, -0.15) is 13.2 Å². The highest BCUT2D eigenvalue weighted by atomic mass is 35.5. The van der Waals surface area contributed by atoms with E-state index in [0.717, 1.165) is 12.1 Å². The minimum Gasteiger partial charge on any atom is -0.463 e. The molecule has 0 spiro atoms. The number of aliphatic hydroxyl groups is 1. The molecule has 2 aromatic carbocycles. The summed E-state index contributed by atoms with van der Waals surface area (Å²) in [6.45, 7) is 2.89. The van der Waals surface area contributed by atoms with Gasteiger partial charge in [0.15, 0.2) is 0 Å². The Hall–Kier alpha value is -2.78. The first kappa shape index (κ1) is 23.5. The van der Waals surface area contributed by atoms with Gasteiger partial charge < -0.3 is 15.2 Å². The summed E-state index contributed by atoms with van der Waals surface area (Å²) in [5.41, 5.74) is -3.79. The number of amides is 2. The van der Waals surface area contributed by atoms with Gasteiger partial charge in [-0.25, -0.2) is 9.59 Å². The number of anilines is 2. The number of hydrogen-bond acceptors (Lipinski definition) is 4. The fourth-order valence-corrected chi connectivity index (χ4v) is 2.81. The van der Waals surface area contributed by atoms with Crippen LogP contribution in [0.4, 0.5) is 29.3 Å². The number of carbonyl (C=O) groups excluding carboxylic acids is 2. The lowest BCUT2D eigenvalue weighted by molar-refractivity contribution is -0.267. The highest BCUT2D eigenvalue weighted by Gasteiger charge is 2.62. The quantitative estimate of drug-likeness (QED) is 0.632. The molecule has 0 aliphatic rings. The van der Waals surface area contributed by atoms with Crippen molar-refractivity contribution in [2.75, 3.05) is 23.4 Å². The van der Waals surface area contributed by atoms with Crippen molar-refractivity contribution in [1.29, 1.82) is 0 Å². The van der Waals surface area contributed by atoms with Gasteiger partial charge in [-0.05, 0) is 50.2 Å². The number of nitrogens with zero attached hydrogens (tertiary/aromatic N) is 1. The molecule has 162 valence electrons. The van der Waals surface area contributed by atoms with Crippen LogP contribution in [-0.2, 0) is 15.1 Å². The van der Waals surface area contributed by atoms with E-state index < -0.39 is 29.3 Å². The standard InChI is InChI=1S/C20H20ClF3N2O4/c1-3-26(18(28)25-15-9-7-14(21)8-10-15)16-11-5-13(6-12-16)19(29,20(22,23)24)17(27)30-4-2/h5-12,29H,3-4H2,1-2H3,(H,25,28)/t19-/m1/s1. The third-order valence-corrected chi connectivity index (χ3v) is 4.49. The Balaban J connectivity index is 2.29. The fourth-order valence-electron chi connectivity index (χ4n) is 2.68. The predicted molar refractivity (Wildman–Crippen MR) is 107 cm³/mol. The van der Waals surface area contributed by atoms with Crippen molar-refractivity contribution in [3.63, 3.8) is 0 Å². The molecule has 10 heteroatoms. The second-order valence-electron chi connectivity index (χ2n) is 6.16. The van der Waals surface area contributed by atoms with Crippen molar-refractivity contribution in [3.8, 4) is 0 Å². The highest BCUT2D eigenvalue weighted by Crippen LogP contribution is 2.40. The van der Waals surface area contributed by atoms with Gasteiger partial charge in [-0.3, -0.25) is 4.90 Å². The van der Waals surface area contributed by atoms with E-state index in [9.17, 15) is 27.9 Å². The molecule has 2 rings (SSSR count). The summed E-state index contributed by atoms with van der Waals surface area (Å²) >= 11 is 5.80. The number of alkyl halides is 3. The van der Waals surface area contributed by atoms with Crippen molar-refractivity contribution < 1.29 is 32.6 Å². The van der Waals surface area contributed by atoms with Gasteiger partial charge in [0.2, 0.25) is 0 Å². The number of ether oxygens (including phenoxy) is 1. The predicted octanol–water partition coefficient (Wildman–Crippen LogP) is 4.71. The molecule has 0 aromatic heterocycles. The molecule has 0 heterocycles. The summed E-state index contributed by atoms with van der Waals surface area (Å²) in [6, 6.07) is 10.1. The summed E-state index contributed by atoms with van der Waals surface area (Å²) in [5.74, 6) is -1.82. The number of benzene rings is 2. The van der Waals surface area contributed by atoms with Crippen LogP contribution < -0.4 is 10.2 Å². The molecule has 0 bridgehead atoms. The Morgan fingerprint density at radius 3 is 2.10 bits per heavy atom. The van der Waals surface area contributed by atoms with E-state index >= 15 is 0 Å². The van der Waals surface area contributed by atoms with E-state index in [1.54, 1.807) is 31.2 Å². The molecule has 0 unspecified atom stereocenters. The van der Waals surface area contributed by atoms with Crippen LogP contribution >= 0.6 is 11.6 Å². The first-order valence-electron chi connectivity index (χ1n) is 8.95. The lowest BCUT2D eigenvalue weighted by Gasteiger charge is -2.29. The van der Waals surface area contributed by atoms with E-state index in [-0.39, 0.29) is 18.8 Å². The Kier molecular flexibility index (Phi) is 7.33. The molecule has 0 saturated heterocycles. The largest absolute Gasteiger partial charge is 0.463 e. The normalized spacial score (nSPS) is 13.3. The van der Waals surface area contributed by atoms with Crippen LogP contribution in [-0.4, -0.2) is 36.4 Å². The Labute approximate surface area is 176 Å². The molecule has 6 nitrogen and oxygen atoms in total. The van der Waals surface area contributed by atoms with Crippen LogP contribution in [0.5, 0.6) is 0 Å². The van der Waals surface area contributed by atoms with Crippen LogP contribution in [0.1, 0.15) is 19.4 Å². The first-order valence-corrected chi connectivity index (χ1v) is 9.33. The maximum atomic E-state index is 13.5. The number of rotatable bonds is 6. The average Bonchev–Trinajstić information content (AvgIpc) is 2.69. The van der Waals surface area contributed by atoms with Crippen LogP contribution in [0.2, 0.25) is 5.02 Å². The smallest absolute Gasteiger partial charge is 0.432 e. The Morgan fingerprint density at radius 1 is 1.07 bits per heavy atom. The number of carbonyl (C=O) groups is 2. The van der Waals surface area contributed by atoms with E-state index in [0.29, 0.717) is 10.7 Å². The summed E-state index contributed by atoms with van der Waals surface area (Å²) in [6.07, 6.45) is -5.29. The molecular formula is C20H20ClF3N2O4. The molecule has 0 fully saturated rings. The minimum absolute atomic E-state index is 0.209. The van der Waals surface area contributed by atoms with E-state index in [1.807, 2.05) is 0 Å². The SMILES string of the molecule is CCOC(=O)[C@](O)(c1ccc(N(CC)C(=O)Nc2ccc(Cl)cc2)cc1)C(F)(F)F. The van der Waals surface area contributed by atoms with Crippen molar-refractivity contribution in [2.45, 2.75) is 25.6 Å². The van der Waals surface area contributed by atoms with Crippen molar-refractivity contribution in [2.24, 2.45) is 0 Å². The molecule has 0 radical (unpaired) electrons. The van der Waals surface area contributed by atoms with Gasteiger partial charge in [-0.1, -0.05) is 23.7 Å². The summed E-state index contributed by atoms with van der Waals surface area (Å²) < 4.78 is 44.8. The lowest BCUT2D eigenvalue weighted by Crippen LogP contribution is -2.50. The molecular weight excluding hydrogens is 425 g/mol. The molecule has 2 N–H and O–H groups in total. The molecule has 0 saturated carbocycles. The summed E-state index contributed by atoms with van der Waals surface area (Å²) in [7, 11) is 0. The van der Waals surface area contributed by atoms with Gasteiger partial charge in [-0.15, -0.1) is 0 Å². The first-order chi connectivity index (χ1) is 14.0.